The SMILES string of the molecule is COCCn1c(C)cc(/C=N\OCc2ccccc2C#N)c1C. The van der Waals surface area contributed by atoms with E-state index in [0.717, 1.165) is 29.1 Å². The van der Waals surface area contributed by atoms with Gasteiger partial charge >= 0.3 is 0 Å². The number of aryl methyl sites for hydroxylation is 1. The molecule has 0 saturated carbocycles. The van der Waals surface area contributed by atoms with Crippen LogP contribution in [-0.2, 0) is 22.7 Å². The Labute approximate surface area is 136 Å². The first kappa shape index (κ1) is 16.8. The number of nitriles is 1. The Kier molecular flexibility index (Phi) is 5.95. The van der Waals surface area contributed by atoms with E-state index in [0.29, 0.717) is 12.2 Å². The fourth-order valence-corrected chi connectivity index (χ4v) is 2.44. The molecule has 1 aromatic carbocycles. The predicted molar refractivity (Wildman–Crippen MR) is 89.3 cm³/mol. The fourth-order valence-electron chi connectivity index (χ4n) is 2.44. The van der Waals surface area contributed by atoms with Crippen LogP contribution in [0.1, 0.15) is 28.1 Å². The van der Waals surface area contributed by atoms with Crippen molar-refractivity contribution in [3.63, 3.8) is 0 Å². The number of hydrogen-bond acceptors (Lipinski definition) is 4. The van der Waals surface area contributed by atoms with Gasteiger partial charge in [0, 0.05) is 36.2 Å². The van der Waals surface area contributed by atoms with Crippen LogP contribution in [0, 0.1) is 25.2 Å². The van der Waals surface area contributed by atoms with E-state index in [4.69, 9.17) is 14.8 Å². The second kappa shape index (κ2) is 8.16. The zero-order valence-corrected chi connectivity index (χ0v) is 13.7. The smallest absolute Gasteiger partial charge is 0.143 e. The van der Waals surface area contributed by atoms with E-state index in [-0.39, 0.29) is 6.61 Å². The molecule has 0 aliphatic heterocycles. The lowest BCUT2D eigenvalue weighted by molar-refractivity contribution is 0.132. The zero-order chi connectivity index (χ0) is 16.7. The van der Waals surface area contributed by atoms with Gasteiger partial charge in [-0.25, -0.2) is 0 Å². The molecule has 0 spiro atoms. The van der Waals surface area contributed by atoms with E-state index in [1.807, 2.05) is 18.2 Å². The first-order valence-corrected chi connectivity index (χ1v) is 7.46. The average molecular weight is 311 g/mol. The maximum absolute atomic E-state index is 9.04. The van der Waals surface area contributed by atoms with E-state index in [1.54, 1.807) is 19.4 Å². The minimum Gasteiger partial charge on any atom is -0.391 e. The fraction of sp³-hybridized carbons (Fsp3) is 0.333. The van der Waals surface area contributed by atoms with Crippen LogP contribution in [0.4, 0.5) is 0 Å². The van der Waals surface area contributed by atoms with Gasteiger partial charge in [-0.15, -0.1) is 0 Å². The van der Waals surface area contributed by atoms with Gasteiger partial charge in [-0.05, 0) is 26.0 Å². The minimum absolute atomic E-state index is 0.280. The molecular weight excluding hydrogens is 290 g/mol. The van der Waals surface area contributed by atoms with Crippen LogP contribution in [0.15, 0.2) is 35.5 Å². The molecule has 0 saturated heterocycles. The van der Waals surface area contributed by atoms with Crippen LogP contribution in [0.3, 0.4) is 0 Å². The van der Waals surface area contributed by atoms with Crippen LogP contribution in [0.2, 0.25) is 0 Å². The lowest BCUT2D eigenvalue weighted by Crippen LogP contribution is -2.07. The Morgan fingerprint density at radius 3 is 2.83 bits per heavy atom. The van der Waals surface area contributed by atoms with Gasteiger partial charge in [-0.3, -0.25) is 0 Å². The van der Waals surface area contributed by atoms with Crippen LogP contribution >= 0.6 is 0 Å². The van der Waals surface area contributed by atoms with E-state index >= 15 is 0 Å². The Balaban J connectivity index is 2.00. The summed E-state index contributed by atoms with van der Waals surface area (Å²) in [6, 6.07) is 11.6. The van der Waals surface area contributed by atoms with E-state index in [2.05, 4.69) is 35.7 Å². The predicted octanol–water partition coefficient (Wildman–Crippen LogP) is 3.17. The van der Waals surface area contributed by atoms with Crippen molar-refractivity contribution in [1.29, 1.82) is 5.26 Å². The number of methoxy groups -OCH3 is 1. The molecule has 0 amide bonds. The quantitative estimate of drug-likeness (QED) is 0.583. The van der Waals surface area contributed by atoms with Gasteiger partial charge in [-0.1, -0.05) is 23.4 Å². The number of ether oxygens (including phenoxy) is 1. The van der Waals surface area contributed by atoms with Crippen LogP contribution in [0.25, 0.3) is 0 Å². The summed E-state index contributed by atoms with van der Waals surface area (Å²) in [5, 5.41) is 13.1. The van der Waals surface area contributed by atoms with Gasteiger partial charge in [0.25, 0.3) is 0 Å². The molecule has 0 radical (unpaired) electrons. The average Bonchev–Trinajstić information content (AvgIpc) is 2.84. The Morgan fingerprint density at radius 1 is 1.30 bits per heavy atom. The van der Waals surface area contributed by atoms with Crippen molar-refractivity contribution >= 4 is 6.21 Å². The van der Waals surface area contributed by atoms with Gasteiger partial charge in [0.1, 0.15) is 6.61 Å². The summed E-state index contributed by atoms with van der Waals surface area (Å²) >= 11 is 0. The molecule has 2 rings (SSSR count). The summed E-state index contributed by atoms with van der Waals surface area (Å²) in [5.74, 6) is 0. The minimum atomic E-state index is 0.280. The largest absolute Gasteiger partial charge is 0.391 e. The molecule has 0 atom stereocenters. The highest BCUT2D eigenvalue weighted by Gasteiger charge is 2.07. The molecule has 120 valence electrons. The molecular formula is C18H21N3O2. The molecule has 1 aromatic heterocycles. The molecule has 1 heterocycles. The number of rotatable bonds is 7. The third-order valence-corrected chi connectivity index (χ3v) is 3.76. The van der Waals surface area contributed by atoms with Crippen molar-refractivity contribution in [2.24, 2.45) is 5.16 Å². The van der Waals surface area contributed by atoms with Crippen molar-refractivity contribution < 1.29 is 9.57 Å². The number of benzene rings is 1. The molecule has 5 heteroatoms. The number of nitrogens with zero attached hydrogens (tertiary/aromatic N) is 3. The van der Waals surface area contributed by atoms with Crippen molar-refractivity contribution in [2.45, 2.75) is 27.0 Å². The van der Waals surface area contributed by atoms with Crippen molar-refractivity contribution in [3.05, 3.63) is 58.4 Å². The Hall–Kier alpha value is -2.58. The van der Waals surface area contributed by atoms with Crippen molar-refractivity contribution in [3.8, 4) is 6.07 Å². The highest BCUT2D eigenvalue weighted by atomic mass is 16.6. The number of hydrogen-bond donors (Lipinski definition) is 0. The van der Waals surface area contributed by atoms with E-state index in [1.165, 1.54) is 0 Å². The highest BCUT2D eigenvalue weighted by Crippen LogP contribution is 2.14. The second-order valence-corrected chi connectivity index (χ2v) is 5.25. The molecule has 0 unspecified atom stereocenters. The Morgan fingerprint density at radius 2 is 2.09 bits per heavy atom. The summed E-state index contributed by atoms with van der Waals surface area (Å²) in [6.45, 7) is 5.88. The highest BCUT2D eigenvalue weighted by molar-refractivity contribution is 5.81. The third kappa shape index (κ3) is 4.21. The standard InChI is InChI=1S/C18H21N3O2/c1-14-10-18(15(2)21(14)8-9-22-3)12-20-23-13-17-7-5-4-6-16(17)11-19/h4-7,10,12H,8-9,13H2,1-3H3/b20-12-. The lowest BCUT2D eigenvalue weighted by atomic mass is 10.1. The first-order valence-electron chi connectivity index (χ1n) is 7.46. The second-order valence-electron chi connectivity index (χ2n) is 5.25. The molecule has 5 nitrogen and oxygen atoms in total. The van der Waals surface area contributed by atoms with Gasteiger partial charge in [-0.2, -0.15) is 5.26 Å². The summed E-state index contributed by atoms with van der Waals surface area (Å²) in [5.41, 5.74) is 4.76. The van der Waals surface area contributed by atoms with Gasteiger partial charge in [0.05, 0.1) is 24.5 Å². The lowest BCUT2D eigenvalue weighted by Gasteiger charge is -2.08. The maximum Gasteiger partial charge on any atom is 0.143 e. The first-order chi connectivity index (χ1) is 11.2. The monoisotopic (exact) mass is 311 g/mol. The zero-order valence-electron chi connectivity index (χ0n) is 13.7. The van der Waals surface area contributed by atoms with Crippen LogP contribution in [-0.4, -0.2) is 24.5 Å². The molecule has 0 aliphatic rings. The number of aromatic nitrogens is 1. The van der Waals surface area contributed by atoms with E-state index < -0.39 is 0 Å². The summed E-state index contributed by atoms with van der Waals surface area (Å²) in [6.07, 6.45) is 1.71. The van der Waals surface area contributed by atoms with Crippen LogP contribution in [0.5, 0.6) is 0 Å². The molecule has 0 aliphatic carbocycles. The summed E-state index contributed by atoms with van der Waals surface area (Å²) in [4.78, 5) is 5.34. The van der Waals surface area contributed by atoms with E-state index in [9.17, 15) is 0 Å². The molecule has 0 bridgehead atoms. The molecule has 2 aromatic rings. The van der Waals surface area contributed by atoms with Gasteiger partial charge < -0.3 is 14.1 Å². The Bertz CT molecular complexity index is 726. The maximum atomic E-state index is 9.04. The van der Waals surface area contributed by atoms with Crippen molar-refractivity contribution in [2.75, 3.05) is 13.7 Å². The molecule has 0 fully saturated rings. The van der Waals surface area contributed by atoms with Gasteiger partial charge in [0.15, 0.2) is 0 Å². The molecule has 23 heavy (non-hydrogen) atoms. The van der Waals surface area contributed by atoms with Gasteiger partial charge in [0.2, 0.25) is 0 Å². The van der Waals surface area contributed by atoms with Crippen molar-refractivity contribution in [1.82, 2.24) is 4.57 Å². The molecule has 0 N–H and O–H groups in total. The summed E-state index contributed by atoms with van der Waals surface area (Å²) < 4.78 is 7.32. The summed E-state index contributed by atoms with van der Waals surface area (Å²) in [7, 11) is 1.70. The third-order valence-electron chi connectivity index (χ3n) is 3.76. The number of oxime groups is 1. The topological polar surface area (TPSA) is 59.5 Å². The normalized spacial score (nSPS) is 10.9. The van der Waals surface area contributed by atoms with Crippen LogP contribution < -0.4 is 0 Å².